The highest BCUT2D eigenvalue weighted by Crippen LogP contribution is 2.37. The second kappa shape index (κ2) is 6.96. The molecule has 0 radical (unpaired) electrons. The number of hydrogen-bond donors (Lipinski definition) is 0. The summed E-state index contributed by atoms with van der Waals surface area (Å²) in [6.07, 6.45) is -2.51. The van der Waals surface area contributed by atoms with Crippen LogP contribution >= 0.6 is 11.3 Å². The summed E-state index contributed by atoms with van der Waals surface area (Å²) in [6, 6.07) is 12.6. The lowest BCUT2D eigenvalue weighted by Crippen LogP contribution is -2.31. The second-order valence-electron chi connectivity index (χ2n) is 6.64. The molecule has 0 aliphatic carbocycles. The molecule has 27 heavy (non-hydrogen) atoms. The van der Waals surface area contributed by atoms with Crippen molar-refractivity contribution in [3.63, 3.8) is 0 Å². The highest BCUT2D eigenvalue weighted by atomic mass is 32.1. The second-order valence-corrected chi connectivity index (χ2v) is 7.70. The van der Waals surface area contributed by atoms with Crippen molar-refractivity contribution in [3.8, 4) is 0 Å². The Labute approximate surface area is 158 Å². The van der Waals surface area contributed by atoms with Gasteiger partial charge in [-0.25, -0.2) is 4.98 Å². The molecular formula is C20H17F3N2OS. The number of nitrogens with zero attached hydrogens (tertiary/aromatic N) is 2. The van der Waals surface area contributed by atoms with E-state index in [1.54, 1.807) is 11.3 Å². The van der Waals surface area contributed by atoms with E-state index in [0.717, 1.165) is 40.2 Å². The van der Waals surface area contributed by atoms with Crippen LogP contribution in [-0.4, -0.2) is 22.3 Å². The van der Waals surface area contributed by atoms with Gasteiger partial charge in [-0.2, -0.15) is 13.2 Å². The number of likely N-dealkylation sites (tertiary alicyclic amines) is 1. The van der Waals surface area contributed by atoms with E-state index in [2.05, 4.69) is 4.98 Å². The van der Waals surface area contributed by atoms with E-state index in [4.69, 9.17) is 0 Å². The molecule has 2 heterocycles. The number of aromatic nitrogens is 1. The van der Waals surface area contributed by atoms with Crippen LogP contribution in [0.4, 0.5) is 13.2 Å². The number of alkyl halides is 3. The fourth-order valence-electron chi connectivity index (χ4n) is 3.44. The van der Waals surface area contributed by atoms with Gasteiger partial charge in [0.15, 0.2) is 0 Å². The lowest BCUT2D eigenvalue weighted by Gasteiger charge is -2.23. The molecule has 1 unspecified atom stereocenters. The van der Waals surface area contributed by atoms with Crippen LogP contribution in [-0.2, 0) is 17.4 Å². The number of hydrogen-bond acceptors (Lipinski definition) is 3. The third-order valence-corrected chi connectivity index (χ3v) is 5.94. The summed E-state index contributed by atoms with van der Waals surface area (Å²) in [6.45, 7) is 0.653. The zero-order chi connectivity index (χ0) is 19.0. The van der Waals surface area contributed by atoms with E-state index in [0.29, 0.717) is 12.1 Å². The van der Waals surface area contributed by atoms with Crippen LogP contribution in [0.1, 0.15) is 35.0 Å². The van der Waals surface area contributed by atoms with Gasteiger partial charge in [-0.3, -0.25) is 4.79 Å². The SMILES string of the molecule is O=C(Cc1ccc(C(F)(F)F)cc1)N1CCCC1c1nc2ccccc2s1. The molecule has 1 amide bonds. The number of fused-ring (bicyclic) bond motifs is 1. The number of carbonyl (C=O) groups is 1. The fourth-order valence-corrected chi connectivity index (χ4v) is 4.56. The van der Waals surface area contributed by atoms with Gasteiger partial charge in [0.05, 0.1) is 28.2 Å². The van der Waals surface area contributed by atoms with Crippen LogP contribution in [0.25, 0.3) is 10.2 Å². The van der Waals surface area contributed by atoms with Gasteiger partial charge in [0, 0.05) is 6.54 Å². The summed E-state index contributed by atoms with van der Waals surface area (Å²) in [5, 5.41) is 0.925. The maximum absolute atomic E-state index is 12.8. The number of thiazole rings is 1. The van der Waals surface area contributed by atoms with E-state index >= 15 is 0 Å². The normalized spacial score (nSPS) is 17.6. The van der Waals surface area contributed by atoms with Crippen LogP contribution in [0.15, 0.2) is 48.5 Å². The molecule has 3 nitrogen and oxygen atoms in total. The number of amides is 1. The first kappa shape index (κ1) is 18.0. The van der Waals surface area contributed by atoms with Gasteiger partial charge in [-0.15, -0.1) is 11.3 Å². The fraction of sp³-hybridized carbons (Fsp3) is 0.300. The predicted octanol–water partition coefficient (Wildman–Crippen LogP) is 5.22. The topological polar surface area (TPSA) is 33.2 Å². The average molecular weight is 390 g/mol. The van der Waals surface area contributed by atoms with Gasteiger partial charge in [-0.05, 0) is 42.7 Å². The Morgan fingerprint density at radius 3 is 2.59 bits per heavy atom. The Hall–Kier alpha value is -2.41. The molecule has 1 aliphatic rings. The molecule has 0 N–H and O–H groups in total. The standard InChI is InChI=1S/C20H17F3N2OS/c21-20(22,23)14-9-7-13(8-10-14)12-18(26)25-11-3-5-16(25)19-24-15-4-1-2-6-17(15)27-19/h1-2,4,6-10,16H,3,5,11-12H2. The molecule has 3 aromatic rings. The average Bonchev–Trinajstić information content (AvgIpc) is 3.28. The molecule has 1 aliphatic heterocycles. The molecule has 1 aromatic heterocycles. The summed E-state index contributed by atoms with van der Waals surface area (Å²) in [4.78, 5) is 19.3. The Balaban J connectivity index is 1.50. The minimum Gasteiger partial charge on any atom is -0.333 e. The molecule has 4 rings (SSSR count). The number of carbonyl (C=O) groups excluding carboxylic acids is 1. The van der Waals surface area contributed by atoms with Crippen LogP contribution in [0, 0.1) is 0 Å². The minimum absolute atomic E-state index is 0.0515. The van der Waals surface area contributed by atoms with Crippen molar-refractivity contribution in [1.29, 1.82) is 0 Å². The van der Waals surface area contributed by atoms with Crippen molar-refractivity contribution in [1.82, 2.24) is 9.88 Å². The molecule has 0 saturated carbocycles. The lowest BCUT2D eigenvalue weighted by atomic mass is 10.1. The first-order valence-corrected chi connectivity index (χ1v) is 9.54. The Morgan fingerprint density at radius 2 is 1.89 bits per heavy atom. The summed E-state index contributed by atoms with van der Waals surface area (Å²) < 4.78 is 39.1. The molecule has 1 atom stereocenters. The first-order valence-electron chi connectivity index (χ1n) is 8.73. The molecular weight excluding hydrogens is 373 g/mol. The van der Waals surface area contributed by atoms with E-state index in [1.165, 1.54) is 12.1 Å². The van der Waals surface area contributed by atoms with Gasteiger partial charge < -0.3 is 4.90 Å². The van der Waals surface area contributed by atoms with E-state index in [1.807, 2.05) is 29.2 Å². The first-order chi connectivity index (χ1) is 12.9. The summed E-state index contributed by atoms with van der Waals surface area (Å²) >= 11 is 1.60. The third-order valence-electron chi connectivity index (χ3n) is 4.81. The Bertz CT molecular complexity index is 932. The van der Waals surface area contributed by atoms with Crippen LogP contribution in [0.2, 0.25) is 0 Å². The smallest absolute Gasteiger partial charge is 0.333 e. The maximum Gasteiger partial charge on any atom is 0.416 e. The quantitative estimate of drug-likeness (QED) is 0.614. The lowest BCUT2D eigenvalue weighted by molar-refractivity contribution is -0.137. The summed E-state index contributed by atoms with van der Waals surface area (Å²) in [5.74, 6) is -0.0727. The number of para-hydroxylation sites is 1. The number of benzene rings is 2. The van der Waals surface area contributed by atoms with E-state index in [-0.39, 0.29) is 18.4 Å². The van der Waals surface area contributed by atoms with Crippen molar-refractivity contribution in [2.24, 2.45) is 0 Å². The third kappa shape index (κ3) is 3.69. The Morgan fingerprint density at radius 1 is 1.15 bits per heavy atom. The monoisotopic (exact) mass is 390 g/mol. The molecule has 2 aromatic carbocycles. The van der Waals surface area contributed by atoms with E-state index < -0.39 is 11.7 Å². The van der Waals surface area contributed by atoms with Gasteiger partial charge in [0.2, 0.25) is 5.91 Å². The van der Waals surface area contributed by atoms with Gasteiger partial charge in [0.1, 0.15) is 5.01 Å². The van der Waals surface area contributed by atoms with Crippen LogP contribution in [0.5, 0.6) is 0 Å². The summed E-state index contributed by atoms with van der Waals surface area (Å²) in [7, 11) is 0. The molecule has 140 valence electrons. The zero-order valence-corrected chi connectivity index (χ0v) is 15.2. The van der Waals surface area contributed by atoms with Crippen molar-refractivity contribution in [2.45, 2.75) is 31.5 Å². The number of rotatable bonds is 3. The van der Waals surface area contributed by atoms with Gasteiger partial charge in [0.25, 0.3) is 0 Å². The van der Waals surface area contributed by atoms with Gasteiger partial charge in [-0.1, -0.05) is 24.3 Å². The number of halogens is 3. The summed E-state index contributed by atoms with van der Waals surface area (Å²) in [5.41, 5.74) is 0.815. The Kier molecular flexibility index (Phi) is 4.63. The van der Waals surface area contributed by atoms with E-state index in [9.17, 15) is 18.0 Å². The van der Waals surface area contributed by atoms with Crippen LogP contribution < -0.4 is 0 Å². The molecule has 1 fully saturated rings. The molecule has 0 spiro atoms. The highest BCUT2D eigenvalue weighted by molar-refractivity contribution is 7.18. The minimum atomic E-state index is -4.37. The van der Waals surface area contributed by atoms with Crippen LogP contribution in [0.3, 0.4) is 0 Å². The molecule has 0 bridgehead atoms. The largest absolute Gasteiger partial charge is 0.416 e. The molecule has 1 saturated heterocycles. The maximum atomic E-state index is 12.8. The van der Waals surface area contributed by atoms with Gasteiger partial charge >= 0.3 is 6.18 Å². The van der Waals surface area contributed by atoms with Crippen molar-refractivity contribution >= 4 is 27.5 Å². The van der Waals surface area contributed by atoms with Crippen molar-refractivity contribution in [2.75, 3.05) is 6.54 Å². The molecule has 7 heteroatoms. The zero-order valence-electron chi connectivity index (χ0n) is 14.4. The predicted molar refractivity (Wildman–Crippen MR) is 98.5 cm³/mol. The van der Waals surface area contributed by atoms with Crippen molar-refractivity contribution < 1.29 is 18.0 Å². The highest BCUT2D eigenvalue weighted by Gasteiger charge is 2.33. The van der Waals surface area contributed by atoms with Crippen molar-refractivity contribution in [3.05, 3.63) is 64.7 Å².